The first-order chi connectivity index (χ1) is 8.99. The van der Waals surface area contributed by atoms with Crippen LogP contribution in [0.5, 0.6) is 5.75 Å². The SMILES string of the molecule is Cc1ccc(NC(C)C2CCCN(C)C2)c(C)c1O. The van der Waals surface area contributed by atoms with Gasteiger partial charge in [-0.1, -0.05) is 6.07 Å². The summed E-state index contributed by atoms with van der Waals surface area (Å²) in [5.74, 6) is 1.10. The number of aryl methyl sites for hydroxylation is 1. The summed E-state index contributed by atoms with van der Waals surface area (Å²) in [4.78, 5) is 2.41. The Labute approximate surface area is 116 Å². The summed E-state index contributed by atoms with van der Waals surface area (Å²) in [7, 11) is 2.20. The highest BCUT2D eigenvalue weighted by Gasteiger charge is 2.23. The third-order valence-corrected chi connectivity index (χ3v) is 4.38. The molecular formula is C16H26N2O. The van der Waals surface area contributed by atoms with E-state index in [-0.39, 0.29) is 0 Å². The molecule has 0 spiro atoms. The van der Waals surface area contributed by atoms with Crippen LogP contribution in [0.3, 0.4) is 0 Å². The van der Waals surface area contributed by atoms with Crippen LogP contribution in [0.4, 0.5) is 5.69 Å². The number of rotatable bonds is 3. The van der Waals surface area contributed by atoms with Crippen molar-refractivity contribution in [3.63, 3.8) is 0 Å². The van der Waals surface area contributed by atoms with Gasteiger partial charge in [0, 0.05) is 23.8 Å². The van der Waals surface area contributed by atoms with Crippen molar-refractivity contribution in [2.24, 2.45) is 5.92 Å². The molecule has 0 radical (unpaired) electrons. The topological polar surface area (TPSA) is 35.5 Å². The normalized spacial score (nSPS) is 22.2. The number of anilines is 1. The van der Waals surface area contributed by atoms with Crippen molar-refractivity contribution in [1.29, 1.82) is 0 Å². The van der Waals surface area contributed by atoms with Gasteiger partial charge in [-0.3, -0.25) is 0 Å². The van der Waals surface area contributed by atoms with Gasteiger partial charge in [-0.25, -0.2) is 0 Å². The summed E-state index contributed by atoms with van der Waals surface area (Å²) in [6.45, 7) is 8.54. The molecule has 2 rings (SSSR count). The largest absolute Gasteiger partial charge is 0.507 e. The minimum absolute atomic E-state index is 0.415. The van der Waals surface area contributed by atoms with Gasteiger partial charge in [-0.05, 0) is 64.8 Å². The van der Waals surface area contributed by atoms with Gasteiger partial charge in [0.25, 0.3) is 0 Å². The Morgan fingerprint density at radius 1 is 1.37 bits per heavy atom. The van der Waals surface area contributed by atoms with E-state index in [0.29, 0.717) is 17.7 Å². The molecule has 0 saturated carbocycles. The van der Waals surface area contributed by atoms with E-state index in [1.165, 1.54) is 19.4 Å². The molecule has 1 heterocycles. The fraction of sp³-hybridized carbons (Fsp3) is 0.625. The molecule has 1 aliphatic heterocycles. The Bertz CT molecular complexity index is 445. The number of phenolic OH excluding ortho intramolecular Hbond substituents is 1. The maximum Gasteiger partial charge on any atom is 0.123 e. The van der Waals surface area contributed by atoms with E-state index >= 15 is 0 Å². The lowest BCUT2D eigenvalue weighted by Gasteiger charge is -2.34. The summed E-state index contributed by atoms with van der Waals surface area (Å²) < 4.78 is 0. The molecule has 0 aromatic heterocycles. The number of phenols is 1. The second-order valence-corrected chi connectivity index (χ2v) is 6.00. The first kappa shape index (κ1) is 14.2. The van der Waals surface area contributed by atoms with E-state index in [9.17, 15) is 5.11 Å². The van der Waals surface area contributed by atoms with Gasteiger partial charge in [0.1, 0.15) is 5.75 Å². The van der Waals surface area contributed by atoms with Gasteiger partial charge in [-0.2, -0.15) is 0 Å². The van der Waals surface area contributed by atoms with Crippen molar-refractivity contribution in [2.45, 2.75) is 39.7 Å². The van der Waals surface area contributed by atoms with Crippen molar-refractivity contribution in [3.8, 4) is 5.75 Å². The maximum absolute atomic E-state index is 10.0. The number of benzene rings is 1. The predicted octanol–water partition coefficient (Wildman–Crippen LogP) is 3.15. The molecular weight excluding hydrogens is 236 g/mol. The lowest BCUT2D eigenvalue weighted by Crippen LogP contribution is -2.39. The van der Waals surface area contributed by atoms with Gasteiger partial charge >= 0.3 is 0 Å². The van der Waals surface area contributed by atoms with Crippen molar-refractivity contribution in [3.05, 3.63) is 23.3 Å². The van der Waals surface area contributed by atoms with Crippen LogP contribution in [0, 0.1) is 19.8 Å². The van der Waals surface area contributed by atoms with E-state index in [2.05, 4.69) is 30.3 Å². The highest BCUT2D eigenvalue weighted by atomic mass is 16.3. The molecule has 1 saturated heterocycles. The summed E-state index contributed by atoms with van der Waals surface area (Å²) >= 11 is 0. The molecule has 19 heavy (non-hydrogen) atoms. The number of nitrogens with zero attached hydrogens (tertiary/aromatic N) is 1. The Morgan fingerprint density at radius 2 is 2.11 bits per heavy atom. The zero-order chi connectivity index (χ0) is 14.0. The Morgan fingerprint density at radius 3 is 2.79 bits per heavy atom. The zero-order valence-corrected chi connectivity index (χ0v) is 12.5. The number of aromatic hydroxyl groups is 1. The fourth-order valence-corrected chi connectivity index (χ4v) is 2.97. The third kappa shape index (κ3) is 3.21. The number of piperidine rings is 1. The van der Waals surface area contributed by atoms with Crippen LogP contribution < -0.4 is 5.32 Å². The second kappa shape index (κ2) is 5.83. The smallest absolute Gasteiger partial charge is 0.123 e. The van der Waals surface area contributed by atoms with E-state index in [1.807, 2.05) is 19.9 Å². The molecule has 1 fully saturated rings. The number of likely N-dealkylation sites (tertiary alicyclic amines) is 1. The maximum atomic E-state index is 10.0. The first-order valence-electron chi connectivity index (χ1n) is 7.23. The number of hydrogen-bond donors (Lipinski definition) is 2. The molecule has 0 amide bonds. The fourth-order valence-electron chi connectivity index (χ4n) is 2.97. The molecule has 0 aliphatic carbocycles. The molecule has 1 aromatic carbocycles. The van der Waals surface area contributed by atoms with E-state index in [1.54, 1.807) is 0 Å². The zero-order valence-electron chi connectivity index (χ0n) is 12.5. The van der Waals surface area contributed by atoms with Crippen LogP contribution in [0.1, 0.15) is 30.9 Å². The van der Waals surface area contributed by atoms with E-state index < -0.39 is 0 Å². The number of nitrogens with one attached hydrogen (secondary N) is 1. The van der Waals surface area contributed by atoms with Gasteiger partial charge in [0.2, 0.25) is 0 Å². The molecule has 2 N–H and O–H groups in total. The van der Waals surface area contributed by atoms with Crippen LogP contribution in [0.25, 0.3) is 0 Å². The second-order valence-electron chi connectivity index (χ2n) is 6.00. The molecule has 2 atom stereocenters. The molecule has 0 bridgehead atoms. The van der Waals surface area contributed by atoms with Crippen molar-refractivity contribution < 1.29 is 5.11 Å². The highest BCUT2D eigenvalue weighted by molar-refractivity contribution is 5.59. The van der Waals surface area contributed by atoms with Crippen LogP contribution in [-0.4, -0.2) is 36.2 Å². The van der Waals surface area contributed by atoms with Crippen molar-refractivity contribution >= 4 is 5.69 Å². The Hall–Kier alpha value is -1.22. The molecule has 3 nitrogen and oxygen atoms in total. The standard InChI is InChI=1S/C16H26N2O/c1-11-7-8-15(12(2)16(11)19)17-13(3)14-6-5-9-18(4)10-14/h7-8,13-14,17,19H,5-6,9-10H2,1-4H3. The summed E-state index contributed by atoms with van der Waals surface area (Å²) in [6.07, 6.45) is 2.57. The van der Waals surface area contributed by atoms with E-state index in [0.717, 1.165) is 23.4 Å². The van der Waals surface area contributed by atoms with Crippen molar-refractivity contribution in [1.82, 2.24) is 4.90 Å². The van der Waals surface area contributed by atoms with Crippen molar-refractivity contribution in [2.75, 3.05) is 25.5 Å². The molecule has 1 aromatic rings. The van der Waals surface area contributed by atoms with Crippen LogP contribution in [0.2, 0.25) is 0 Å². The minimum atomic E-state index is 0.415. The van der Waals surface area contributed by atoms with Gasteiger partial charge in [0.05, 0.1) is 0 Å². The van der Waals surface area contributed by atoms with E-state index in [4.69, 9.17) is 0 Å². The third-order valence-electron chi connectivity index (χ3n) is 4.38. The predicted molar refractivity (Wildman–Crippen MR) is 80.9 cm³/mol. The first-order valence-corrected chi connectivity index (χ1v) is 7.23. The van der Waals surface area contributed by atoms with Crippen LogP contribution >= 0.6 is 0 Å². The molecule has 1 aliphatic rings. The number of hydrogen-bond acceptors (Lipinski definition) is 3. The molecule has 106 valence electrons. The quantitative estimate of drug-likeness (QED) is 0.878. The van der Waals surface area contributed by atoms with Crippen LogP contribution in [0.15, 0.2) is 12.1 Å². The van der Waals surface area contributed by atoms with Crippen LogP contribution in [-0.2, 0) is 0 Å². The summed E-state index contributed by atoms with van der Waals surface area (Å²) in [6, 6.07) is 4.49. The van der Waals surface area contributed by atoms with Gasteiger partial charge in [0.15, 0.2) is 0 Å². The molecule has 2 unspecified atom stereocenters. The highest BCUT2D eigenvalue weighted by Crippen LogP contribution is 2.30. The van der Waals surface area contributed by atoms with Gasteiger partial charge in [-0.15, -0.1) is 0 Å². The lowest BCUT2D eigenvalue weighted by atomic mass is 9.91. The lowest BCUT2D eigenvalue weighted by molar-refractivity contribution is 0.197. The average Bonchev–Trinajstić information content (AvgIpc) is 2.39. The Balaban J connectivity index is 2.06. The van der Waals surface area contributed by atoms with Gasteiger partial charge < -0.3 is 15.3 Å². The average molecular weight is 262 g/mol. The minimum Gasteiger partial charge on any atom is -0.507 e. The monoisotopic (exact) mass is 262 g/mol. The molecule has 3 heteroatoms. The summed E-state index contributed by atoms with van der Waals surface area (Å²) in [5, 5.41) is 13.6. The summed E-state index contributed by atoms with van der Waals surface area (Å²) in [5.41, 5.74) is 2.95. The Kier molecular flexibility index (Phi) is 4.35.